The van der Waals surface area contributed by atoms with Crippen LogP contribution in [0.5, 0.6) is 0 Å². The maximum Gasteiger partial charge on any atom is 0.246 e. The van der Waals surface area contributed by atoms with Crippen LogP contribution in [0, 0.1) is 17.0 Å². The number of hydrogen-bond donors (Lipinski definition) is 1. The number of hydrogen-bond acceptors (Lipinski definition) is 3. The van der Waals surface area contributed by atoms with Gasteiger partial charge in [-0.25, -0.2) is 17.2 Å². The number of nitrogen functional groups attached to an aromatic ring is 1. The zero-order valence-electron chi connectivity index (χ0n) is 12.2. The Labute approximate surface area is 118 Å². The Morgan fingerprint density at radius 2 is 1.70 bits per heavy atom. The number of nitrogens with zero attached hydrogens (tertiary/aromatic N) is 1. The molecule has 2 N–H and O–H groups in total. The Hall–Kier alpha value is -1.21. The maximum absolute atomic E-state index is 13.7. The van der Waals surface area contributed by atoms with Crippen LogP contribution in [0.25, 0.3) is 0 Å². The first kappa shape index (κ1) is 16.8. The molecule has 114 valence electrons. The van der Waals surface area contributed by atoms with Gasteiger partial charge >= 0.3 is 0 Å². The molecule has 1 aromatic rings. The Kier molecular flexibility index (Phi) is 4.46. The van der Waals surface area contributed by atoms with Gasteiger partial charge in [0.25, 0.3) is 0 Å². The van der Waals surface area contributed by atoms with Crippen LogP contribution in [0.2, 0.25) is 0 Å². The molecule has 0 aliphatic heterocycles. The highest BCUT2D eigenvalue weighted by molar-refractivity contribution is 7.89. The second kappa shape index (κ2) is 5.29. The normalized spacial score (nSPS) is 14.6. The second-order valence-electron chi connectivity index (χ2n) is 5.87. The van der Waals surface area contributed by atoms with Gasteiger partial charge in [-0.3, -0.25) is 0 Å². The first-order chi connectivity index (χ1) is 8.89. The van der Waals surface area contributed by atoms with E-state index in [9.17, 15) is 17.2 Å². The first-order valence-electron chi connectivity index (χ1n) is 6.11. The molecule has 4 nitrogen and oxygen atoms in total. The molecule has 0 aromatic heterocycles. The second-order valence-corrected chi connectivity index (χ2v) is 7.83. The van der Waals surface area contributed by atoms with E-state index in [0.717, 1.165) is 10.4 Å². The molecule has 0 amide bonds. The minimum absolute atomic E-state index is 0.329. The van der Waals surface area contributed by atoms with Crippen molar-refractivity contribution >= 4 is 15.7 Å². The van der Waals surface area contributed by atoms with Crippen molar-refractivity contribution in [2.45, 2.75) is 38.6 Å². The van der Waals surface area contributed by atoms with E-state index in [-0.39, 0.29) is 11.5 Å². The summed E-state index contributed by atoms with van der Waals surface area (Å²) in [6.07, 6.45) is 0. The van der Waals surface area contributed by atoms with Gasteiger partial charge in [-0.1, -0.05) is 20.8 Å². The Morgan fingerprint density at radius 1 is 1.20 bits per heavy atom. The third kappa shape index (κ3) is 3.09. The van der Waals surface area contributed by atoms with Crippen molar-refractivity contribution in [2.24, 2.45) is 5.41 Å². The van der Waals surface area contributed by atoms with E-state index in [2.05, 4.69) is 0 Å². The van der Waals surface area contributed by atoms with Crippen LogP contribution in [-0.4, -0.2) is 25.8 Å². The van der Waals surface area contributed by atoms with Crippen molar-refractivity contribution in [1.82, 2.24) is 4.31 Å². The lowest BCUT2D eigenvalue weighted by Crippen LogP contribution is -2.43. The lowest BCUT2D eigenvalue weighted by molar-refractivity contribution is 0.216. The molecule has 20 heavy (non-hydrogen) atoms. The van der Waals surface area contributed by atoms with Crippen LogP contribution in [0.4, 0.5) is 14.5 Å². The lowest BCUT2D eigenvalue weighted by atomic mass is 9.88. The predicted octanol–water partition coefficient (Wildman–Crippen LogP) is 2.60. The van der Waals surface area contributed by atoms with Crippen molar-refractivity contribution in [3.8, 4) is 0 Å². The largest absolute Gasteiger partial charge is 0.396 e. The standard InChI is InChI=1S/C13H20F2N2O2S/c1-8(13(2,3)4)17(5)20(18,19)12-7-11(16)9(14)6-10(12)15/h6-8H,16H2,1-5H3. The number of rotatable bonds is 3. The zero-order valence-corrected chi connectivity index (χ0v) is 13.1. The number of nitrogens with two attached hydrogens (primary N) is 1. The third-order valence-electron chi connectivity index (χ3n) is 3.51. The highest BCUT2D eigenvalue weighted by Gasteiger charge is 2.34. The van der Waals surface area contributed by atoms with Crippen LogP contribution in [0.3, 0.4) is 0 Å². The van der Waals surface area contributed by atoms with Gasteiger partial charge in [0.15, 0.2) is 0 Å². The zero-order chi connectivity index (χ0) is 15.9. The van der Waals surface area contributed by atoms with E-state index in [0.29, 0.717) is 6.07 Å². The van der Waals surface area contributed by atoms with Crippen molar-refractivity contribution in [3.05, 3.63) is 23.8 Å². The fourth-order valence-electron chi connectivity index (χ4n) is 1.65. The lowest BCUT2D eigenvalue weighted by Gasteiger charge is -2.34. The summed E-state index contributed by atoms with van der Waals surface area (Å²) in [5.74, 6) is -2.13. The highest BCUT2D eigenvalue weighted by atomic mass is 32.2. The van der Waals surface area contributed by atoms with E-state index >= 15 is 0 Å². The molecule has 0 heterocycles. The van der Waals surface area contributed by atoms with Gasteiger partial charge < -0.3 is 5.73 Å². The van der Waals surface area contributed by atoms with Gasteiger partial charge in [0.05, 0.1) is 5.69 Å². The summed E-state index contributed by atoms with van der Waals surface area (Å²) in [5, 5.41) is 0. The van der Waals surface area contributed by atoms with E-state index in [4.69, 9.17) is 5.73 Å². The molecule has 0 aliphatic rings. The van der Waals surface area contributed by atoms with Crippen LogP contribution < -0.4 is 5.73 Å². The molecule has 1 rings (SSSR count). The fourth-order valence-corrected chi connectivity index (χ4v) is 3.28. The van der Waals surface area contributed by atoms with Gasteiger partial charge in [0.2, 0.25) is 10.0 Å². The maximum atomic E-state index is 13.7. The number of anilines is 1. The molecule has 0 fully saturated rings. The van der Waals surface area contributed by atoms with E-state index in [1.54, 1.807) is 6.92 Å². The highest BCUT2D eigenvalue weighted by Crippen LogP contribution is 2.29. The van der Waals surface area contributed by atoms with Crippen molar-refractivity contribution in [3.63, 3.8) is 0 Å². The molecule has 1 unspecified atom stereocenters. The Balaban J connectivity index is 3.34. The Morgan fingerprint density at radius 3 is 2.15 bits per heavy atom. The summed E-state index contributed by atoms with van der Waals surface area (Å²) in [6, 6.07) is 0.919. The summed E-state index contributed by atoms with van der Waals surface area (Å²) in [4.78, 5) is -0.616. The summed E-state index contributed by atoms with van der Waals surface area (Å²) in [5.41, 5.74) is 4.59. The van der Waals surface area contributed by atoms with E-state index < -0.39 is 32.2 Å². The van der Waals surface area contributed by atoms with Crippen molar-refractivity contribution < 1.29 is 17.2 Å². The summed E-state index contributed by atoms with van der Waals surface area (Å²) < 4.78 is 52.8. The average molecular weight is 306 g/mol. The number of benzene rings is 1. The number of halogens is 2. The molecule has 0 bridgehead atoms. The summed E-state index contributed by atoms with van der Waals surface area (Å²) in [6.45, 7) is 7.35. The number of sulfonamides is 1. The van der Waals surface area contributed by atoms with Crippen LogP contribution in [0.15, 0.2) is 17.0 Å². The molecule has 7 heteroatoms. The van der Waals surface area contributed by atoms with Crippen molar-refractivity contribution in [1.29, 1.82) is 0 Å². The molecular formula is C13H20F2N2O2S. The molecule has 0 aliphatic carbocycles. The van der Waals surface area contributed by atoms with Gasteiger partial charge in [-0.15, -0.1) is 0 Å². The predicted molar refractivity (Wildman–Crippen MR) is 74.6 cm³/mol. The SMILES string of the molecule is CC(N(C)S(=O)(=O)c1cc(N)c(F)cc1F)C(C)(C)C. The fraction of sp³-hybridized carbons (Fsp3) is 0.538. The molecule has 1 aromatic carbocycles. The molecular weight excluding hydrogens is 286 g/mol. The first-order valence-corrected chi connectivity index (χ1v) is 7.55. The minimum Gasteiger partial charge on any atom is -0.396 e. The quantitative estimate of drug-likeness (QED) is 0.873. The van der Waals surface area contributed by atoms with Gasteiger partial charge in [0.1, 0.15) is 16.5 Å². The molecule has 0 spiro atoms. The summed E-state index contributed by atoms with van der Waals surface area (Å²) in [7, 11) is -2.71. The van der Waals surface area contributed by atoms with Gasteiger partial charge in [-0.2, -0.15) is 4.31 Å². The molecule has 1 atom stereocenters. The van der Waals surface area contributed by atoms with E-state index in [1.807, 2.05) is 20.8 Å². The Bertz CT molecular complexity index is 610. The van der Waals surface area contributed by atoms with Crippen LogP contribution in [0.1, 0.15) is 27.7 Å². The average Bonchev–Trinajstić information content (AvgIpc) is 2.30. The van der Waals surface area contributed by atoms with Gasteiger partial charge in [-0.05, 0) is 18.4 Å². The monoisotopic (exact) mass is 306 g/mol. The molecule has 0 radical (unpaired) electrons. The third-order valence-corrected chi connectivity index (χ3v) is 5.45. The molecule has 0 saturated carbocycles. The van der Waals surface area contributed by atoms with Crippen LogP contribution in [-0.2, 0) is 10.0 Å². The van der Waals surface area contributed by atoms with Crippen LogP contribution >= 0.6 is 0 Å². The van der Waals surface area contributed by atoms with Crippen molar-refractivity contribution in [2.75, 3.05) is 12.8 Å². The van der Waals surface area contributed by atoms with E-state index in [1.165, 1.54) is 7.05 Å². The van der Waals surface area contributed by atoms with Gasteiger partial charge in [0, 0.05) is 19.2 Å². The smallest absolute Gasteiger partial charge is 0.246 e. The molecule has 0 saturated heterocycles. The minimum atomic E-state index is -4.08. The summed E-state index contributed by atoms with van der Waals surface area (Å²) >= 11 is 0. The topological polar surface area (TPSA) is 63.4 Å².